The highest BCUT2D eigenvalue weighted by atomic mass is 16.1. The fourth-order valence-corrected chi connectivity index (χ4v) is 2.44. The van der Waals surface area contributed by atoms with Crippen LogP contribution in [0.15, 0.2) is 18.2 Å². The van der Waals surface area contributed by atoms with E-state index in [4.69, 9.17) is 5.73 Å². The van der Waals surface area contributed by atoms with Crippen LogP contribution < -0.4 is 11.1 Å². The minimum Gasteiger partial charge on any atom is -0.399 e. The van der Waals surface area contributed by atoms with Crippen LogP contribution >= 0.6 is 0 Å². The number of nitrogens with two attached hydrogens (primary N) is 1. The zero-order valence-corrected chi connectivity index (χ0v) is 10.3. The molecule has 0 bridgehead atoms. The molecule has 1 aromatic carbocycles. The first kappa shape index (κ1) is 12.0. The number of anilines is 1. The van der Waals surface area contributed by atoms with Crippen molar-refractivity contribution in [2.75, 3.05) is 5.73 Å². The van der Waals surface area contributed by atoms with Gasteiger partial charge in [0.2, 0.25) is 5.91 Å². The normalized spacial score (nSPS) is 21.5. The van der Waals surface area contributed by atoms with Gasteiger partial charge in [0, 0.05) is 12.1 Å². The van der Waals surface area contributed by atoms with Crippen molar-refractivity contribution in [3.8, 4) is 0 Å². The zero-order chi connectivity index (χ0) is 12.3. The topological polar surface area (TPSA) is 55.1 Å². The molecule has 3 nitrogen and oxygen atoms in total. The Kier molecular flexibility index (Phi) is 3.67. The number of benzene rings is 1. The van der Waals surface area contributed by atoms with Crippen molar-refractivity contribution in [1.29, 1.82) is 0 Å². The highest BCUT2D eigenvalue weighted by molar-refractivity contribution is 5.76. The van der Waals surface area contributed by atoms with Gasteiger partial charge in [-0.05, 0) is 43.0 Å². The summed E-state index contributed by atoms with van der Waals surface area (Å²) in [5, 5.41) is 3.10. The van der Waals surface area contributed by atoms with Crippen LogP contribution in [0.5, 0.6) is 0 Å². The van der Waals surface area contributed by atoms with Gasteiger partial charge >= 0.3 is 0 Å². The molecule has 0 radical (unpaired) electrons. The van der Waals surface area contributed by atoms with Gasteiger partial charge in [-0.3, -0.25) is 4.79 Å². The van der Waals surface area contributed by atoms with E-state index in [9.17, 15) is 4.79 Å². The second kappa shape index (κ2) is 5.21. The first-order valence-electron chi connectivity index (χ1n) is 6.31. The second-order valence-electron chi connectivity index (χ2n) is 4.90. The summed E-state index contributed by atoms with van der Waals surface area (Å²) in [5.41, 5.74) is 8.92. The third-order valence-electron chi connectivity index (χ3n) is 3.26. The molecule has 1 heterocycles. The molecule has 1 aliphatic heterocycles. The first-order chi connectivity index (χ1) is 8.15. The molecule has 1 fully saturated rings. The fourth-order valence-electron chi connectivity index (χ4n) is 2.44. The van der Waals surface area contributed by atoms with Crippen LogP contribution in [-0.2, 0) is 4.79 Å². The lowest BCUT2D eigenvalue weighted by atomic mass is 9.96. The molecule has 1 aromatic rings. The Bertz CT molecular complexity index is 394. The van der Waals surface area contributed by atoms with Gasteiger partial charge in [0.15, 0.2) is 0 Å². The summed E-state index contributed by atoms with van der Waals surface area (Å²) < 4.78 is 0. The van der Waals surface area contributed by atoms with Gasteiger partial charge in [-0.1, -0.05) is 18.9 Å². The second-order valence-corrected chi connectivity index (χ2v) is 4.90. The van der Waals surface area contributed by atoms with Crippen LogP contribution in [-0.4, -0.2) is 5.91 Å². The van der Waals surface area contributed by atoms with Gasteiger partial charge in [0.1, 0.15) is 0 Å². The summed E-state index contributed by atoms with van der Waals surface area (Å²) in [4.78, 5) is 11.6. The van der Waals surface area contributed by atoms with Gasteiger partial charge in [-0.2, -0.15) is 0 Å². The minimum absolute atomic E-state index is 0.130. The van der Waals surface area contributed by atoms with E-state index in [0.29, 0.717) is 6.42 Å². The molecule has 1 saturated heterocycles. The quantitative estimate of drug-likeness (QED) is 0.731. The summed E-state index contributed by atoms with van der Waals surface area (Å²) >= 11 is 0. The Morgan fingerprint density at radius 1 is 1.24 bits per heavy atom. The molecule has 0 aliphatic carbocycles. The average Bonchev–Trinajstić information content (AvgIpc) is 2.21. The third kappa shape index (κ3) is 3.22. The van der Waals surface area contributed by atoms with E-state index >= 15 is 0 Å². The largest absolute Gasteiger partial charge is 0.399 e. The highest BCUT2D eigenvalue weighted by Crippen LogP contribution is 2.25. The van der Waals surface area contributed by atoms with E-state index in [2.05, 4.69) is 11.4 Å². The molecule has 3 heteroatoms. The first-order valence-corrected chi connectivity index (χ1v) is 6.31. The Morgan fingerprint density at radius 3 is 2.82 bits per heavy atom. The van der Waals surface area contributed by atoms with Crippen molar-refractivity contribution in [2.24, 2.45) is 0 Å². The van der Waals surface area contributed by atoms with Gasteiger partial charge in [-0.15, -0.1) is 0 Å². The summed E-state index contributed by atoms with van der Waals surface area (Å²) in [5.74, 6) is 0.162. The molecule has 0 spiro atoms. The molecule has 1 amide bonds. The summed E-state index contributed by atoms with van der Waals surface area (Å²) in [6.45, 7) is 2.03. The van der Waals surface area contributed by atoms with Crippen molar-refractivity contribution in [3.63, 3.8) is 0 Å². The maximum atomic E-state index is 11.6. The number of nitrogens with one attached hydrogen (secondary N) is 1. The SMILES string of the molecule is Cc1cc(N)cc(C2CCCCCC(=O)N2)c1. The van der Waals surface area contributed by atoms with Crippen molar-refractivity contribution in [3.05, 3.63) is 29.3 Å². The van der Waals surface area contributed by atoms with Crippen LogP contribution in [0.25, 0.3) is 0 Å². The van der Waals surface area contributed by atoms with Crippen LogP contribution in [0.2, 0.25) is 0 Å². The summed E-state index contributed by atoms with van der Waals surface area (Å²) in [6.07, 6.45) is 4.98. The maximum Gasteiger partial charge on any atom is 0.220 e. The molecular formula is C14H20N2O. The third-order valence-corrected chi connectivity index (χ3v) is 3.26. The summed E-state index contributed by atoms with van der Waals surface area (Å²) in [6, 6.07) is 6.17. The molecule has 92 valence electrons. The number of amides is 1. The van der Waals surface area contributed by atoms with Crippen molar-refractivity contribution < 1.29 is 4.79 Å². The number of carbonyl (C=O) groups is 1. The van der Waals surface area contributed by atoms with Crippen LogP contribution in [0.4, 0.5) is 5.69 Å². The number of aryl methyl sites for hydroxylation is 1. The predicted molar refractivity (Wildman–Crippen MR) is 69.6 cm³/mol. The molecule has 0 aromatic heterocycles. The number of hydrogen-bond donors (Lipinski definition) is 2. The Morgan fingerprint density at radius 2 is 2.06 bits per heavy atom. The summed E-state index contributed by atoms with van der Waals surface area (Å²) in [7, 11) is 0. The Balaban J connectivity index is 2.20. The van der Waals surface area contributed by atoms with Crippen LogP contribution in [0, 0.1) is 6.92 Å². The van der Waals surface area contributed by atoms with E-state index in [1.54, 1.807) is 0 Å². The van der Waals surface area contributed by atoms with E-state index in [1.165, 1.54) is 6.42 Å². The van der Waals surface area contributed by atoms with Gasteiger partial charge in [0.25, 0.3) is 0 Å². The van der Waals surface area contributed by atoms with E-state index in [0.717, 1.165) is 36.1 Å². The molecule has 1 atom stereocenters. The molecule has 3 N–H and O–H groups in total. The fraction of sp³-hybridized carbons (Fsp3) is 0.500. The molecule has 2 rings (SSSR count). The minimum atomic E-state index is 0.130. The van der Waals surface area contributed by atoms with E-state index < -0.39 is 0 Å². The molecular weight excluding hydrogens is 212 g/mol. The van der Waals surface area contributed by atoms with Gasteiger partial charge in [0.05, 0.1) is 6.04 Å². The van der Waals surface area contributed by atoms with Crippen LogP contribution in [0.1, 0.15) is 49.3 Å². The maximum absolute atomic E-state index is 11.6. The molecule has 0 saturated carbocycles. The Hall–Kier alpha value is -1.51. The zero-order valence-electron chi connectivity index (χ0n) is 10.3. The monoisotopic (exact) mass is 232 g/mol. The number of nitrogen functional groups attached to an aromatic ring is 1. The Labute approximate surface area is 102 Å². The molecule has 17 heavy (non-hydrogen) atoms. The van der Waals surface area contributed by atoms with Crippen molar-refractivity contribution in [2.45, 2.75) is 45.1 Å². The number of hydrogen-bond acceptors (Lipinski definition) is 2. The van der Waals surface area contributed by atoms with E-state index in [1.807, 2.05) is 19.1 Å². The van der Waals surface area contributed by atoms with Crippen LogP contribution in [0.3, 0.4) is 0 Å². The highest BCUT2D eigenvalue weighted by Gasteiger charge is 2.17. The standard InChI is InChI=1S/C14H20N2O/c1-10-7-11(9-12(15)8-10)13-5-3-2-4-6-14(17)16-13/h7-9,13H,2-6,15H2,1H3,(H,16,17). The number of rotatable bonds is 1. The molecule has 1 aliphatic rings. The molecule has 1 unspecified atom stereocenters. The smallest absolute Gasteiger partial charge is 0.220 e. The van der Waals surface area contributed by atoms with Crippen molar-refractivity contribution >= 4 is 11.6 Å². The average molecular weight is 232 g/mol. The van der Waals surface area contributed by atoms with Crippen molar-refractivity contribution in [1.82, 2.24) is 5.32 Å². The van der Waals surface area contributed by atoms with Gasteiger partial charge < -0.3 is 11.1 Å². The predicted octanol–water partition coefficient (Wildman–Crippen LogP) is 2.70. The lowest BCUT2D eigenvalue weighted by Crippen LogP contribution is -2.29. The number of carbonyl (C=O) groups excluding carboxylic acids is 1. The lowest BCUT2D eigenvalue weighted by Gasteiger charge is -2.22. The van der Waals surface area contributed by atoms with E-state index in [-0.39, 0.29) is 11.9 Å². The lowest BCUT2D eigenvalue weighted by molar-refractivity contribution is -0.122. The van der Waals surface area contributed by atoms with Gasteiger partial charge in [-0.25, -0.2) is 0 Å².